The molecule has 0 aliphatic carbocycles. The summed E-state index contributed by atoms with van der Waals surface area (Å²) in [6.45, 7) is 1.11. The molecule has 4 nitrogen and oxygen atoms in total. The Morgan fingerprint density at radius 2 is 2.50 bits per heavy atom. The summed E-state index contributed by atoms with van der Waals surface area (Å²) in [6.07, 6.45) is -1.15. The Labute approximate surface area is 46.7 Å². The number of carbonyl (C=O) groups excluding carboxylic acids is 1. The largest absolute Gasteiger partial charge is 0.530 e. The molecule has 0 aromatic heterocycles. The average Bonchev–Trinajstić information content (AvgIpc) is 2.12. The number of hydrogen-bond donors (Lipinski definition) is 0. The van der Waals surface area contributed by atoms with Crippen LogP contribution in [0.5, 0.6) is 0 Å². The van der Waals surface area contributed by atoms with Crippen LogP contribution in [0.15, 0.2) is 0 Å². The van der Waals surface area contributed by atoms with Gasteiger partial charge in [0, 0.05) is 6.54 Å². The van der Waals surface area contributed by atoms with Crippen molar-refractivity contribution in [2.24, 2.45) is 0 Å². The van der Waals surface area contributed by atoms with Crippen molar-refractivity contribution in [1.29, 1.82) is 0 Å². The normalized spacial score (nSPS) is 19.2. The summed E-state index contributed by atoms with van der Waals surface area (Å²) in [6, 6.07) is 0. The Morgan fingerprint density at radius 1 is 1.75 bits per heavy atom. The third kappa shape index (κ3) is 0.894. The number of hydrogen-bond acceptors (Lipinski definition) is 3. The van der Waals surface area contributed by atoms with Gasteiger partial charge in [0.2, 0.25) is 0 Å². The van der Waals surface area contributed by atoms with Crippen LogP contribution in [0, 0.1) is 0 Å². The SMILES string of the molecule is O=C([O-])N1CCOC1. The van der Waals surface area contributed by atoms with Crippen molar-refractivity contribution in [3.05, 3.63) is 0 Å². The van der Waals surface area contributed by atoms with Gasteiger partial charge in [-0.25, -0.2) is 0 Å². The molecule has 0 aromatic carbocycles. The highest BCUT2D eigenvalue weighted by Crippen LogP contribution is 1.95. The van der Waals surface area contributed by atoms with Gasteiger partial charge in [-0.15, -0.1) is 0 Å². The maximum absolute atomic E-state index is 9.94. The highest BCUT2D eigenvalue weighted by molar-refractivity contribution is 5.62. The van der Waals surface area contributed by atoms with Crippen LogP contribution in [0.25, 0.3) is 0 Å². The first kappa shape index (κ1) is 5.37. The van der Waals surface area contributed by atoms with Crippen LogP contribution >= 0.6 is 0 Å². The van der Waals surface area contributed by atoms with Crippen molar-refractivity contribution in [2.45, 2.75) is 0 Å². The monoisotopic (exact) mass is 116 g/mol. The molecule has 0 saturated carbocycles. The molecule has 1 rings (SSSR count). The van der Waals surface area contributed by atoms with Crippen molar-refractivity contribution < 1.29 is 14.6 Å². The molecule has 1 aliphatic rings. The van der Waals surface area contributed by atoms with Gasteiger partial charge in [0.05, 0.1) is 6.61 Å². The van der Waals surface area contributed by atoms with E-state index in [4.69, 9.17) is 4.74 Å². The summed E-state index contributed by atoms with van der Waals surface area (Å²) in [5, 5.41) is 9.94. The van der Waals surface area contributed by atoms with Crippen molar-refractivity contribution in [2.75, 3.05) is 19.9 Å². The molecule has 1 amide bonds. The lowest BCUT2D eigenvalue weighted by molar-refractivity contribution is -0.265. The van der Waals surface area contributed by atoms with E-state index in [1.54, 1.807) is 0 Å². The van der Waals surface area contributed by atoms with Crippen LogP contribution < -0.4 is 5.11 Å². The molecule has 1 aliphatic heterocycles. The Balaban J connectivity index is 2.35. The van der Waals surface area contributed by atoms with Crippen LogP contribution in [0.2, 0.25) is 0 Å². The zero-order chi connectivity index (χ0) is 5.98. The zero-order valence-corrected chi connectivity index (χ0v) is 4.29. The van der Waals surface area contributed by atoms with Gasteiger partial charge in [-0.2, -0.15) is 0 Å². The first-order valence-electron chi connectivity index (χ1n) is 2.34. The first-order valence-corrected chi connectivity index (χ1v) is 2.34. The van der Waals surface area contributed by atoms with Gasteiger partial charge in [0.25, 0.3) is 0 Å². The summed E-state index contributed by atoms with van der Waals surface area (Å²) < 4.78 is 4.72. The van der Waals surface area contributed by atoms with E-state index in [9.17, 15) is 9.90 Å². The van der Waals surface area contributed by atoms with E-state index in [0.717, 1.165) is 4.90 Å². The summed E-state index contributed by atoms with van der Waals surface area (Å²) in [7, 11) is 0. The van der Waals surface area contributed by atoms with E-state index in [1.165, 1.54) is 0 Å². The molecule has 1 fully saturated rings. The number of ether oxygens (including phenoxy) is 1. The van der Waals surface area contributed by atoms with Crippen molar-refractivity contribution in [3.8, 4) is 0 Å². The molecule has 0 spiro atoms. The fourth-order valence-electron chi connectivity index (χ4n) is 0.558. The van der Waals surface area contributed by atoms with Gasteiger partial charge in [-0.1, -0.05) is 0 Å². The Bertz CT molecular complexity index is 97.5. The van der Waals surface area contributed by atoms with E-state index in [2.05, 4.69) is 0 Å². The number of nitrogens with zero attached hydrogens (tertiary/aromatic N) is 1. The molecule has 0 unspecified atom stereocenters. The molecule has 0 radical (unpaired) electrons. The number of carbonyl (C=O) groups is 1. The van der Waals surface area contributed by atoms with Crippen LogP contribution in [-0.4, -0.2) is 30.9 Å². The minimum Gasteiger partial charge on any atom is -0.530 e. The predicted octanol–water partition coefficient (Wildman–Crippen LogP) is -1.38. The predicted molar refractivity (Wildman–Crippen MR) is 22.9 cm³/mol. The minimum atomic E-state index is -1.15. The summed E-state index contributed by atoms with van der Waals surface area (Å²) >= 11 is 0. The molecule has 8 heavy (non-hydrogen) atoms. The van der Waals surface area contributed by atoms with Crippen molar-refractivity contribution in [3.63, 3.8) is 0 Å². The van der Waals surface area contributed by atoms with E-state index >= 15 is 0 Å². The Hall–Kier alpha value is -0.770. The third-order valence-corrected chi connectivity index (χ3v) is 1.01. The quantitative estimate of drug-likeness (QED) is 0.392. The van der Waals surface area contributed by atoms with Gasteiger partial charge in [0.1, 0.15) is 12.8 Å². The standard InChI is InChI=1S/C4H7NO3/c6-4(7)5-1-2-8-3-5/h1-3H2,(H,6,7)/p-1. The molecule has 0 atom stereocenters. The molecular weight excluding hydrogens is 110 g/mol. The Kier molecular flexibility index (Phi) is 1.34. The molecule has 1 saturated heterocycles. The number of carboxylic acid groups (broad SMARTS) is 1. The molecule has 0 bridgehead atoms. The molecule has 1 heterocycles. The zero-order valence-electron chi connectivity index (χ0n) is 4.29. The third-order valence-electron chi connectivity index (χ3n) is 1.01. The van der Waals surface area contributed by atoms with Gasteiger partial charge >= 0.3 is 0 Å². The number of amides is 1. The lowest BCUT2D eigenvalue weighted by Gasteiger charge is -2.14. The van der Waals surface area contributed by atoms with E-state index < -0.39 is 6.09 Å². The maximum Gasteiger partial charge on any atom is 0.138 e. The lowest BCUT2D eigenvalue weighted by Crippen LogP contribution is -2.39. The fraction of sp³-hybridized carbons (Fsp3) is 0.750. The van der Waals surface area contributed by atoms with E-state index in [0.29, 0.717) is 13.2 Å². The van der Waals surface area contributed by atoms with Crippen LogP contribution in [-0.2, 0) is 4.74 Å². The first-order chi connectivity index (χ1) is 3.80. The van der Waals surface area contributed by atoms with Crippen LogP contribution in [0.3, 0.4) is 0 Å². The summed E-state index contributed by atoms with van der Waals surface area (Å²) in [4.78, 5) is 11.0. The topological polar surface area (TPSA) is 52.6 Å². The molecule has 4 heteroatoms. The van der Waals surface area contributed by atoms with Crippen molar-refractivity contribution in [1.82, 2.24) is 4.90 Å². The van der Waals surface area contributed by atoms with Gasteiger partial charge in [0.15, 0.2) is 0 Å². The van der Waals surface area contributed by atoms with Crippen molar-refractivity contribution >= 4 is 6.09 Å². The fourth-order valence-corrected chi connectivity index (χ4v) is 0.558. The van der Waals surface area contributed by atoms with Gasteiger partial charge in [-0.05, 0) is 0 Å². The second-order valence-electron chi connectivity index (χ2n) is 1.57. The van der Waals surface area contributed by atoms with E-state index in [1.807, 2.05) is 0 Å². The highest BCUT2D eigenvalue weighted by Gasteiger charge is 2.09. The molecule has 0 N–H and O–H groups in total. The second kappa shape index (κ2) is 2.00. The van der Waals surface area contributed by atoms with Gasteiger partial charge in [-0.3, -0.25) is 0 Å². The Morgan fingerprint density at radius 3 is 2.75 bits per heavy atom. The maximum atomic E-state index is 9.94. The highest BCUT2D eigenvalue weighted by atomic mass is 16.5. The van der Waals surface area contributed by atoms with Crippen LogP contribution in [0.4, 0.5) is 4.79 Å². The smallest absolute Gasteiger partial charge is 0.138 e. The molecular formula is C4H6NO3-. The minimum absolute atomic E-state index is 0.169. The van der Waals surface area contributed by atoms with E-state index in [-0.39, 0.29) is 6.73 Å². The lowest BCUT2D eigenvalue weighted by atomic mass is 10.7. The van der Waals surface area contributed by atoms with Gasteiger partial charge < -0.3 is 19.5 Å². The molecule has 0 aromatic rings. The average molecular weight is 116 g/mol. The van der Waals surface area contributed by atoms with Crippen LogP contribution in [0.1, 0.15) is 0 Å². The summed E-state index contributed by atoms with van der Waals surface area (Å²) in [5.74, 6) is 0. The second-order valence-corrected chi connectivity index (χ2v) is 1.57. The molecule has 46 valence electrons. The number of rotatable bonds is 0. The summed E-state index contributed by atoms with van der Waals surface area (Å²) in [5.41, 5.74) is 0.